The number of anilines is 1. The van der Waals surface area contributed by atoms with E-state index in [0.717, 1.165) is 23.7 Å². The summed E-state index contributed by atoms with van der Waals surface area (Å²) in [6.45, 7) is 0. The van der Waals surface area contributed by atoms with Crippen molar-refractivity contribution < 1.29 is 0 Å². The van der Waals surface area contributed by atoms with E-state index in [0.29, 0.717) is 0 Å². The lowest BCUT2D eigenvalue weighted by Gasteiger charge is -1.97. The molecule has 3 rings (SSSR count). The Balaban J connectivity index is 1.76. The summed E-state index contributed by atoms with van der Waals surface area (Å²) in [5, 5.41) is 7.51. The van der Waals surface area contributed by atoms with E-state index in [-0.39, 0.29) is 0 Å². The minimum Gasteiger partial charge on any atom is -0.365 e. The van der Waals surface area contributed by atoms with E-state index in [1.54, 1.807) is 11.3 Å². The summed E-state index contributed by atoms with van der Waals surface area (Å²) in [5.74, 6) is 0. The number of H-pyrrole nitrogens is 1. The van der Waals surface area contributed by atoms with Crippen LogP contribution < -0.4 is 5.32 Å². The zero-order valence-electron chi connectivity index (χ0n) is 10.2. The van der Waals surface area contributed by atoms with Gasteiger partial charge in [-0.05, 0) is 24.5 Å². The maximum atomic E-state index is 4.51. The van der Waals surface area contributed by atoms with E-state index in [1.807, 2.05) is 7.05 Å². The van der Waals surface area contributed by atoms with Crippen molar-refractivity contribution in [2.24, 2.45) is 0 Å². The Labute approximate surface area is 110 Å². The van der Waals surface area contributed by atoms with Gasteiger partial charge in [0.15, 0.2) is 5.13 Å². The van der Waals surface area contributed by atoms with Crippen molar-refractivity contribution in [3.63, 3.8) is 0 Å². The number of fused-ring (bicyclic) bond motifs is 1. The lowest BCUT2D eigenvalue weighted by Crippen LogP contribution is -1.92. The fourth-order valence-corrected chi connectivity index (χ4v) is 2.84. The van der Waals surface area contributed by atoms with Crippen LogP contribution in [0.25, 0.3) is 10.9 Å². The summed E-state index contributed by atoms with van der Waals surface area (Å²) in [4.78, 5) is 7.82. The van der Waals surface area contributed by atoms with Crippen molar-refractivity contribution in [3.05, 3.63) is 47.1 Å². The molecule has 0 fully saturated rings. The van der Waals surface area contributed by atoms with Crippen molar-refractivity contribution in [2.45, 2.75) is 12.8 Å². The summed E-state index contributed by atoms with van der Waals surface area (Å²) in [7, 11) is 1.91. The van der Waals surface area contributed by atoms with E-state index in [1.165, 1.54) is 16.5 Å². The van der Waals surface area contributed by atoms with Gasteiger partial charge in [0.25, 0.3) is 0 Å². The van der Waals surface area contributed by atoms with E-state index in [2.05, 4.69) is 51.1 Å². The first-order valence-electron chi connectivity index (χ1n) is 6.04. The van der Waals surface area contributed by atoms with Gasteiger partial charge in [-0.15, -0.1) is 11.3 Å². The zero-order chi connectivity index (χ0) is 12.4. The normalized spacial score (nSPS) is 10.9. The Bertz CT molecular complexity index is 654. The molecule has 0 unspecified atom stereocenters. The number of hydrogen-bond donors (Lipinski definition) is 2. The molecule has 2 heterocycles. The van der Waals surface area contributed by atoms with Crippen LogP contribution in [0.5, 0.6) is 0 Å². The quantitative estimate of drug-likeness (QED) is 0.751. The molecular formula is C14H15N3S. The Kier molecular flexibility index (Phi) is 3.02. The van der Waals surface area contributed by atoms with Crippen LogP contribution in [-0.2, 0) is 12.8 Å². The molecule has 1 aromatic carbocycles. The van der Waals surface area contributed by atoms with E-state index in [4.69, 9.17) is 0 Å². The van der Waals surface area contributed by atoms with Crippen LogP contribution in [-0.4, -0.2) is 17.0 Å². The number of para-hydroxylation sites is 1. The summed E-state index contributed by atoms with van der Waals surface area (Å²) in [5.41, 5.74) is 3.74. The Hall–Kier alpha value is -1.81. The average molecular weight is 257 g/mol. The van der Waals surface area contributed by atoms with Crippen molar-refractivity contribution in [2.75, 3.05) is 12.4 Å². The van der Waals surface area contributed by atoms with Gasteiger partial charge in [0, 0.05) is 29.5 Å². The second-order valence-electron chi connectivity index (χ2n) is 4.25. The molecule has 0 aliphatic carbocycles. The topological polar surface area (TPSA) is 40.7 Å². The molecule has 2 N–H and O–H groups in total. The number of benzene rings is 1. The molecule has 18 heavy (non-hydrogen) atoms. The van der Waals surface area contributed by atoms with Crippen molar-refractivity contribution in [3.8, 4) is 0 Å². The lowest BCUT2D eigenvalue weighted by atomic mass is 10.1. The van der Waals surface area contributed by atoms with Crippen LogP contribution in [0.3, 0.4) is 0 Å². The van der Waals surface area contributed by atoms with Crippen LogP contribution in [0.2, 0.25) is 0 Å². The molecule has 0 saturated heterocycles. The van der Waals surface area contributed by atoms with Crippen molar-refractivity contribution in [1.82, 2.24) is 9.97 Å². The minimum absolute atomic E-state index is 0.986. The van der Waals surface area contributed by atoms with Crippen LogP contribution in [0.4, 0.5) is 5.13 Å². The molecule has 0 aliphatic heterocycles. The first kappa shape index (κ1) is 11.3. The Morgan fingerprint density at radius 2 is 2.17 bits per heavy atom. The predicted octanol–water partition coefficient (Wildman–Crippen LogP) is 3.45. The second-order valence-corrected chi connectivity index (χ2v) is 5.11. The SMILES string of the molecule is CNc1nc(CCc2c[nH]c3ccccc23)cs1. The smallest absolute Gasteiger partial charge is 0.182 e. The minimum atomic E-state index is 0.986. The molecule has 0 aliphatic rings. The van der Waals surface area contributed by atoms with Gasteiger partial charge in [0.2, 0.25) is 0 Å². The van der Waals surface area contributed by atoms with Gasteiger partial charge in [0.1, 0.15) is 0 Å². The van der Waals surface area contributed by atoms with Gasteiger partial charge in [-0.1, -0.05) is 18.2 Å². The highest BCUT2D eigenvalue weighted by Crippen LogP contribution is 2.21. The predicted molar refractivity (Wildman–Crippen MR) is 77.4 cm³/mol. The Morgan fingerprint density at radius 1 is 1.28 bits per heavy atom. The maximum Gasteiger partial charge on any atom is 0.182 e. The first-order valence-corrected chi connectivity index (χ1v) is 6.92. The van der Waals surface area contributed by atoms with E-state index in [9.17, 15) is 0 Å². The molecule has 0 spiro atoms. The van der Waals surface area contributed by atoms with Crippen molar-refractivity contribution >= 4 is 27.4 Å². The maximum absolute atomic E-state index is 4.51. The van der Waals surface area contributed by atoms with Gasteiger partial charge in [0.05, 0.1) is 5.69 Å². The van der Waals surface area contributed by atoms with Gasteiger partial charge in [-0.3, -0.25) is 0 Å². The second kappa shape index (κ2) is 4.82. The zero-order valence-corrected chi connectivity index (χ0v) is 11.1. The number of nitrogens with zero attached hydrogens (tertiary/aromatic N) is 1. The summed E-state index contributed by atoms with van der Waals surface area (Å²) in [6.07, 6.45) is 4.12. The molecule has 4 heteroatoms. The van der Waals surface area contributed by atoms with Gasteiger partial charge in [-0.2, -0.15) is 0 Å². The molecular weight excluding hydrogens is 242 g/mol. The summed E-state index contributed by atoms with van der Waals surface area (Å²) >= 11 is 1.66. The third kappa shape index (κ3) is 2.11. The molecule has 0 amide bonds. The first-order chi connectivity index (χ1) is 8.86. The molecule has 3 aromatic rings. The van der Waals surface area contributed by atoms with Crippen LogP contribution in [0.15, 0.2) is 35.8 Å². The average Bonchev–Trinajstić information content (AvgIpc) is 3.03. The number of thiazole rings is 1. The monoisotopic (exact) mass is 257 g/mol. The number of aromatic nitrogens is 2. The van der Waals surface area contributed by atoms with Crippen molar-refractivity contribution in [1.29, 1.82) is 0 Å². The lowest BCUT2D eigenvalue weighted by molar-refractivity contribution is 0.933. The summed E-state index contributed by atoms with van der Waals surface area (Å²) < 4.78 is 0. The van der Waals surface area contributed by atoms with Crippen LogP contribution >= 0.6 is 11.3 Å². The highest BCUT2D eigenvalue weighted by Gasteiger charge is 2.05. The standard InChI is InChI=1S/C14H15N3S/c1-15-14-17-11(9-18-14)7-6-10-8-16-13-5-3-2-4-12(10)13/h2-5,8-9,16H,6-7H2,1H3,(H,15,17). The molecule has 0 radical (unpaired) electrons. The molecule has 3 nitrogen and oxygen atoms in total. The van der Waals surface area contributed by atoms with Gasteiger partial charge in [-0.25, -0.2) is 4.98 Å². The fraction of sp³-hybridized carbons (Fsp3) is 0.214. The van der Waals surface area contributed by atoms with Crippen LogP contribution in [0, 0.1) is 0 Å². The van der Waals surface area contributed by atoms with Gasteiger partial charge >= 0.3 is 0 Å². The third-order valence-electron chi connectivity index (χ3n) is 3.09. The number of aryl methyl sites for hydroxylation is 2. The van der Waals surface area contributed by atoms with E-state index >= 15 is 0 Å². The summed E-state index contributed by atoms with van der Waals surface area (Å²) in [6, 6.07) is 8.42. The van der Waals surface area contributed by atoms with Gasteiger partial charge < -0.3 is 10.3 Å². The van der Waals surface area contributed by atoms with E-state index < -0.39 is 0 Å². The highest BCUT2D eigenvalue weighted by atomic mass is 32.1. The number of hydrogen-bond acceptors (Lipinski definition) is 3. The molecule has 0 bridgehead atoms. The molecule has 0 saturated carbocycles. The fourth-order valence-electron chi connectivity index (χ4n) is 2.14. The van der Waals surface area contributed by atoms with Crippen LogP contribution in [0.1, 0.15) is 11.3 Å². The molecule has 2 aromatic heterocycles. The number of rotatable bonds is 4. The largest absolute Gasteiger partial charge is 0.365 e. The molecule has 92 valence electrons. The molecule has 0 atom stereocenters. The number of aromatic amines is 1. The Morgan fingerprint density at radius 3 is 3.00 bits per heavy atom. The third-order valence-corrected chi connectivity index (χ3v) is 4.00. The number of nitrogens with one attached hydrogen (secondary N) is 2. The highest BCUT2D eigenvalue weighted by molar-refractivity contribution is 7.13.